The van der Waals surface area contributed by atoms with Crippen molar-refractivity contribution in [3.8, 4) is 5.88 Å². The Hall–Kier alpha value is -1.09. The number of nitrogens with one attached hydrogen (secondary N) is 1. The fourth-order valence-electron chi connectivity index (χ4n) is 1.81. The molecule has 0 amide bonds. The van der Waals surface area contributed by atoms with E-state index in [2.05, 4.69) is 37.1 Å². The number of rotatable bonds is 5. The molecule has 0 bridgehead atoms. The molecule has 100 valence electrons. The molecular weight excluding hydrogens is 224 g/mol. The standard InChI is InChI=1S/C15H24N2O/c1-15(2,3)13-7-12(9-16-4)8-14(17-13)18-10-11-5-6-11/h7-8,11,16H,5-6,9-10H2,1-4H3. The van der Waals surface area contributed by atoms with Gasteiger partial charge in [0.05, 0.1) is 12.3 Å². The van der Waals surface area contributed by atoms with Crippen LogP contribution in [0.3, 0.4) is 0 Å². The van der Waals surface area contributed by atoms with Gasteiger partial charge in [-0.1, -0.05) is 20.8 Å². The maximum absolute atomic E-state index is 5.81. The van der Waals surface area contributed by atoms with Gasteiger partial charge in [-0.05, 0) is 37.4 Å². The highest BCUT2D eigenvalue weighted by Crippen LogP contribution is 2.30. The molecule has 1 saturated carbocycles. The van der Waals surface area contributed by atoms with Gasteiger partial charge in [0.25, 0.3) is 0 Å². The molecule has 0 aromatic carbocycles. The van der Waals surface area contributed by atoms with Crippen molar-refractivity contribution in [1.29, 1.82) is 0 Å². The van der Waals surface area contributed by atoms with E-state index < -0.39 is 0 Å². The first kappa shape index (κ1) is 13.3. The average molecular weight is 248 g/mol. The average Bonchev–Trinajstić information content (AvgIpc) is 3.09. The molecule has 1 heterocycles. The van der Waals surface area contributed by atoms with Crippen molar-refractivity contribution in [2.45, 2.75) is 45.6 Å². The molecule has 1 aliphatic carbocycles. The molecule has 0 saturated heterocycles. The summed E-state index contributed by atoms with van der Waals surface area (Å²) in [4.78, 5) is 4.64. The summed E-state index contributed by atoms with van der Waals surface area (Å²) >= 11 is 0. The summed E-state index contributed by atoms with van der Waals surface area (Å²) in [5.41, 5.74) is 2.39. The summed E-state index contributed by atoms with van der Waals surface area (Å²) in [6.07, 6.45) is 2.62. The van der Waals surface area contributed by atoms with Crippen LogP contribution in [0.5, 0.6) is 5.88 Å². The van der Waals surface area contributed by atoms with Crippen molar-refractivity contribution in [3.05, 3.63) is 23.4 Å². The van der Waals surface area contributed by atoms with Crippen molar-refractivity contribution in [3.63, 3.8) is 0 Å². The van der Waals surface area contributed by atoms with E-state index in [4.69, 9.17) is 4.74 Å². The number of pyridine rings is 1. The van der Waals surface area contributed by atoms with Crippen LogP contribution in [-0.2, 0) is 12.0 Å². The van der Waals surface area contributed by atoms with E-state index in [-0.39, 0.29) is 5.41 Å². The maximum Gasteiger partial charge on any atom is 0.213 e. The van der Waals surface area contributed by atoms with E-state index >= 15 is 0 Å². The normalized spacial score (nSPS) is 15.8. The summed E-state index contributed by atoms with van der Waals surface area (Å²) in [6, 6.07) is 4.22. The SMILES string of the molecule is CNCc1cc(OCC2CC2)nc(C(C)(C)C)c1. The lowest BCUT2D eigenvalue weighted by atomic mass is 9.91. The van der Waals surface area contributed by atoms with E-state index in [1.807, 2.05) is 13.1 Å². The fourth-order valence-corrected chi connectivity index (χ4v) is 1.81. The van der Waals surface area contributed by atoms with Gasteiger partial charge in [-0.2, -0.15) is 0 Å². The lowest BCUT2D eigenvalue weighted by Gasteiger charge is -2.20. The summed E-state index contributed by atoms with van der Waals surface area (Å²) in [6.45, 7) is 8.22. The van der Waals surface area contributed by atoms with E-state index in [1.54, 1.807) is 0 Å². The number of nitrogens with zero attached hydrogens (tertiary/aromatic N) is 1. The van der Waals surface area contributed by atoms with Gasteiger partial charge >= 0.3 is 0 Å². The van der Waals surface area contributed by atoms with Crippen LogP contribution in [0.1, 0.15) is 44.9 Å². The highest BCUT2D eigenvalue weighted by Gasteiger charge is 2.23. The van der Waals surface area contributed by atoms with Crippen LogP contribution in [0, 0.1) is 5.92 Å². The minimum atomic E-state index is 0.0570. The van der Waals surface area contributed by atoms with Crippen molar-refractivity contribution < 1.29 is 4.74 Å². The topological polar surface area (TPSA) is 34.1 Å². The van der Waals surface area contributed by atoms with Gasteiger partial charge in [0.15, 0.2) is 0 Å². The monoisotopic (exact) mass is 248 g/mol. The zero-order chi connectivity index (χ0) is 13.2. The summed E-state index contributed by atoms with van der Waals surface area (Å²) in [5, 5.41) is 3.18. The van der Waals surface area contributed by atoms with Crippen LogP contribution in [0.4, 0.5) is 0 Å². The minimum absolute atomic E-state index is 0.0570. The van der Waals surface area contributed by atoms with E-state index in [0.717, 1.165) is 30.6 Å². The largest absolute Gasteiger partial charge is 0.477 e. The number of hydrogen-bond acceptors (Lipinski definition) is 3. The lowest BCUT2D eigenvalue weighted by Crippen LogP contribution is -2.16. The number of ether oxygens (including phenoxy) is 1. The molecule has 3 nitrogen and oxygen atoms in total. The summed E-state index contributed by atoms with van der Waals surface area (Å²) in [7, 11) is 1.96. The third kappa shape index (κ3) is 3.70. The Bertz CT molecular complexity index is 405. The molecule has 3 heteroatoms. The van der Waals surface area contributed by atoms with Crippen molar-refractivity contribution in [2.24, 2.45) is 5.92 Å². The molecule has 18 heavy (non-hydrogen) atoms. The first-order chi connectivity index (χ1) is 8.49. The molecule has 0 atom stereocenters. The van der Waals surface area contributed by atoms with E-state index in [9.17, 15) is 0 Å². The zero-order valence-electron chi connectivity index (χ0n) is 11.9. The Balaban J connectivity index is 2.17. The number of aromatic nitrogens is 1. The predicted octanol–water partition coefficient (Wildman–Crippen LogP) is 2.89. The van der Waals surface area contributed by atoms with Gasteiger partial charge in [0.1, 0.15) is 0 Å². The van der Waals surface area contributed by atoms with Gasteiger partial charge in [0, 0.05) is 18.0 Å². The number of hydrogen-bond donors (Lipinski definition) is 1. The van der Waals surface area contributed by atoms with E-state index in [0.29, 0.717) is 0 Å². The Kier molecular flexibility index (Phi) is 3.91. The van der Waals surface area contributed by atoms with Crippen molar-refractivity contribution in [1.82, 2.24) is 10.3 Å². The molecule has 1 N–H and O–H groups in total. The Morgan fingerprint density at radius 3 is 2.61 bits per heavy atom. The van der Waals surface area contributed by atoms with Gasteiger partial charge in [-0.3, -0.25) is 0 Å². The van der Waals surface area contributed by atoms with Gasteiger partial charge in [-0.25, -0.2) is 4.98 Å². The van der Waals surface area contributed by atoms with Crippen LogP contribution in [0.25, 0.3) is 0 Å². The van der Waals surface area contributed by atoms with Crippen LogP contribution in [0.2, 0.25) is 0 Å². The van der Waals surface area contributed by atoms with Gasteiger partial charge in [0.2, 0.25) is 5.88 Å². The Morgan fingerprint density at radius 2 is 2.06 bits per heavy atom. The molecule has 1 aliphatic rings. The molecule has 1 aromatic rings. The first-order valence-electron chi connectivity index (χ1n) is 6.78. The van der Waals surface area contributed by atoms with E-state index in [1.165, 1.54) is 18.4 Å². The van der Waals surface area contributed by atoms with Crippen LogP contribution in [-0.4, -0.2) is 18.6 Å². The molecule has 2 rings (SSSR count). The van der Waals surface area contributed by atoms with Gasteiger partial charge in [-0.15, -0.1) is 0 Å². The lowest BCUT2D eigenvalue weighted by molar-refractivity contribution is 0.286. The molecule has 0 aliphatic heterocycles. The molecule has 0 radical (unpaired) electrons. The van der Waals surface area contributed by atoms with Crippen LogP contribution in [0.15, 0.2) is 12.1 Å². The highest BCUT2D eigenvalue weighted by molar-refractivity contribution is 5.28. The molecule has 1 aromatic heterocycles. The molecule has 1 fully saturated rings. The second kappa shape index (κ2) is 5.27. The Labute approximate surface area is 110 Å². The molecule has 0 spiro atoms. The van der Waals surface area contributed by atoms with Crippen molar-refractivity contribution >= 4 is 0 Å². The van der Waals surface area contributed by atoms with Crippen molar-refractivity contribution in [2.75, 3.05) is 13.7 Å². The summed E-state index contributed by atoms with van der Waals surface area (Å²) in [5.74, 6) is 1.54. The second-order valence-corrected chi connectivity index (χ2v) is 6.23. The third-order valence-electron chi connectivity index (χ3n) is 3.17. The first-order valence-corrected chi connectivity index (χ1v) is 6.78. The third-order valence-corrected chi connectivity index (χ3v) is 3.17. The fraction of sp³-hybridized carbons (Fsp3) is 0.667. The highest BCUT2D eigenvalue weighted by atomic mass is 16.5. The van der Waals surface area contributed by atoms with Crippen LogP contribution >= 0.6 is 0 Å². The maximum atomic E-state index is 5.81. The molecular formula is C15H24N2O. The van der Waals surface area contributed by atoms with Crippen LogP contribution < -0.4 is 10.1 Å². The smallest absolute Gasteiger partial charge is 0.213 e. The minimum Gasteiger partial charge on any atom is -0.477 e. The zero-order valence-corrected chi connectivity index (χ0v) is 11.9. The predicted molar refractivity (Wildman–Crippen MR) is 73.9 cm³/mol. The quantitative estimate of drug-likeness (QED) is 0.870. The van der Waals surface area contributed by atoms with Gasteiger partial charge < -0.3 is 10.1 Å². The Morgan fingerprint density at radius 1 is 1.33 bits per heavy atom. The summed E-state index contributed by atoms with van der Waals surface area (Å²) < 4.78 is 5.81. The second-order valence-electron chi connectivity index (χ2n) is 6.23. The molecule has 0 unspecified atom stereocenters.